The van der Waals surface area contributed by atoms with Crippen molar-refractivity contribution in [1.82, 2.24) is 15.4 Å². The van der Waals surface area contributed by atoms with Crippen molar-refractivity contribution in [2.75, 3.05) is 12.4 Å². The Morgan fingerprint density at radius 1 is 1.42 bits per heavy atom. The van der Waals surface area contributed by atoms with Crippen molar-refractivity contribution >= 4 is 23.9 Å². The maximum absolute atomic E-state index is 11.7. The number of phenols is 1. The van der Waals surface area contributed by atoms with Crippen LogP contribution in [0.3, 0.4) is 0 Å². The van der Waals surface area contributed by atoms with Crippen LogP contribution in [-0.2, 0) is 4.79 Å². The number of amides is 1. The van der Waals surface area contributed by atoms with E-state index >= 15 is 0 Å². The molecular formula is C16H18N4O3S. The van der Waals surface area contributed by atoms with Gasteiger partial charge in [0.1, 0.15) is 5.75 Å². The van der Waals surface area contributed by atoms with E-state index in [2.05, 4.69) is 20.5 Å². The number of para-hydroxylation sites is 1. The molecule has 8 heteroatoms. The number of ether oxygens (including phenoxy) is 1. The summed E-state index contributed by atoms with van der Waals surface area (Å²) in [6.45, 7) is 3.63. The van der Waals surface area contributed by atoms with Crippen LogP contribution >= 0.6 is 11.8 Å². The number of aryl methyl sites for hydroxylation is 1. The number of nitrogens with one attached hydrogen (secondary N) is 1. The van der Waals surface area contributed by atoms with Crippen molar-refractivity contribution < 1.29 is 14.6 Å². The maximum atomic E-state index is 11.7. The highest BCUT2D eigenvalue weighted by Gasteiger charge is 2.06. The number of hydrazone groups is 1. The molecule has 0 unspecified atom stereocenters. The summed E-state index contributed by atoms with van der Waals surface area (Å²) in [5.74, 6) is 0.856. The predicted molar refractivity (Wildman–Crippen MR) is 92.5 cm³/mol. The van der Waals surface area contributed by atoms with E-state index in [4.69, 9.17) is 4.74 Å². The quantitative estimate of drug-likeness (QED) is 0.345. The highest BCUT2D eigenvalue weighted by Crippen LogP contribution is 2.17. The molecule has 7 nitrogen and oxygen atoms in total. The molecule has 1 heterocycles. The van der Waals surface area contributed by atoms with Crippen molar-refractivity contribution in [3.8, 4) is 11.6 Å². The van der Waals surface area contributed by atoms with E-state index in [1.54, 1.807) is 24.3 Å². The van der Waals surface area contributed by atoms with Crippen molar-refractivity contribution in [3.63, 3.8) is 0 Å². The number of hydrogen-bond donors (Lipinski definition) is 2. The van der Waals surface area contributed by atoms with Gasteiger partial charge in [0.2, 0.25) is 5.88 Å². The number of aromatic nitrogens is 2. The van der Waals surface area contributed by atoms with Gasteiger partial charge in [0.05, 0.1) is 6.21 Å². The molecular weight excluding hydrogens is 328 g/mol. The van der Waals surface area contributed by atoms with Crippen LogP contribution in [0.25, 0.3) is 0 Å². The van der Waals surface area contributed by atoms with Crippen LogP contribution in [0.2, 0.25) is 0 Å². The van der Waals surface area contributed by atoms with Gasteiger partial charge in [-0.15, -0.1) is 0 Å². The fourth-order valence-electron chi connectivity index (χ4n) is 1.72. The molecule has 0 aliphatic rings. The molecule has 24 heavy (non-hydrogen) atoms. The molecule has 2 rings (SSSR count). The van der Waals surface area contributed by atoms with Gasteiger partial charge in [-0.1, -0.05) is 30.8 Å². The number of rotatable bonds is 7. The van der Waals surface area contributed by atoms with Crippen LogP contribution < -0.4 is 10.2 Å². The Labute approximate surface area is 144 Å². The Bertz CT molecular complexity index is 737. The zero-order chi connectivity index (χ0) is 17.4. The first kappa shape index (κ1) is 17.7. The van der Waals surface area contributed by atoms with E-state index in [0.29, 0.717) is 16.6 Å². The molecule has 1 amide bonds. The fourth-order valence-corrected chi connectivity index (χ4v) is 2.34. The van der Waals surface area contributed by atoms with Crippen molar-refractivity contribution in [2.45, 2.75) is 19.0 Å². The lowest BCUT2D eigenvalue weighted by molar-refractivity contribution is -0.123. The van der Waals surface area contributed by atoms with Crippen LogP contribution in [0.4, 0.5) is 0 Å². The second-order valence-corrected chi connectivity index (χ2v) is 5.93. The van der Waals surface area contributed by atoms with E-state index in [1.165, 1.54) is 24.0 Å². The molecule has 0 atom stereocenters. The minimum Gasteiger partial charge on any atom is -0.507 e. The summed E-state index contributed by atoms with van der Waals surface area (Å²) >= 11 is 1.50. The van der Waals surface area contributed by atoms with Gasteiger partial charge < -0.3 is 9.84 Å². The molecule has 2 N–H and O–H groups in total. The highest BCUT2D eigenvalue weighted by molar-refractivity contribution is 7.99. The minimum atomic E-state index is -0.428. The average Bonchev–Trinajstić information content (AvgIpc) is 2.55. The first-order valence-corrected chi connectivity index (χ1v) is 8.28. The Balaban J connectivity index is 1.86. The molecule has 0 saturated carbocycles. The standard InChI is InChI=1S/C16H18N4O3S/c1-3-24-16-18-11(2)8-15(19-16)23-10-14(22)20-17-9-12-6-4-5-7-13(12)21/h4-9,21H,3,10H2,1-2H3,(H,20,22)/b17-9-. The van der Waals surface area contributed by atoms with Crippen LogP contribution in [-0.4, -0.2) is 39.6 Å². The third-order valence-corrected chi connectivity index (χ3v) is 3.49. The molecule has 0 aliphatic heterocycles. The predicted octanol–water partition coefficient (Wildman–Crippen LogP) is 2.13. The van der Waals surface area contributed by atoms with Crippen molar-refractivity contribution in [3.05, 3.63) is 41.6 Å². The van der Waals surface area contributed by atoms with Gasteiger partial charge in [-0.2, -0.15) is 10.1 Å². The molecule has 1 aromatic carbocycles. The van der Waals surface area contributed by atoms with E-state index in [0.717, 1.165) is 11.4 Å². The summed E-state index contributed by atoms with van der Waals surface area (Å²) in [7, 11) is 0. The maximum Gasteiger partial charge on any atom is 0.278 e. The van der Waals surface area contributed by atoms with Crippen LogP contribution in [0.15, 0.2) is 40.6 Å². The first-order chi connectivity index (χ1) is 11.6. The molecule has 0 aliphatic carbocycles. The monoisotopic (exact) mass is 346 g/mol. The molecule has 0 fully saturated rings. The number of carbonyl (C=O) groups excluding carboxylic acids is 1. The summed E-state index contributed by atoms with van der Waals surface area (Å²) in [5, 5.41) is 14.0. The van der Waals surface area contributed by atoms with Gasteiger partial charge in [0.25, 0.3) is 5.91 Å². The lowest BCUT2D eigenvalue weighted by Gasteiger charge is -2.06. The lowest BCUT2D eigenvalue weighted by atomic mass is 10.2. The van der Waals surface area contributed by atoms with Crippen LogP contribution in [0, 0.1) is 6.92 Å². The second kappa shape index (κ2) is 8.88. The second-order valence-electron chi connectivity index (χ2n) is 4.70. The number of phenolic OH excluding ortho intramolecular Hbond substituents is 1. The number of carbonyl (C=O) groups is 1. The number of hydrogen-bond acceptors (Lipinski definition) is 7. The van der Waals surface area contributed by atoms with E-state index < -0.39 is 5.91 Å². The van der Waals surface area contributed by atoms with E-state index in [-0.39, 0.29) is 12.4 Å². The zero-order valence-electron chi connectivity index (χ0n) is 13.4. The molecule has 2 aromatic rings. The summed E-state index contributed by atoms with van der Waals surface area (Å²) in [4.78, 5) is 20.2. The van der Waals surface area contributed by atoms with Gasteiger partial charge in [-0.3, -0.25) is 4.79 Å². The van der Waals surface area contributed by atoms with Crippen molar-refractivity contribution in [1.29, 1.82) is 0 Å². The largest absolute Gasteiger partial charge is 0.507 e. The molecule has 126 valence electrons. The van der Waals surface area contributed by atoms with E-state index in [9.17, 15) is 9.90 Å². The number of nitrogens with zero attached hydrogens (tertiary/aromatic N) is 3. The Morgan fingerprint density at radius 2 is 2.21 bits per heavy atom. The number of thioether (sulfide) groups is 1. The topological polar surface area (TPSA) is 96.7 Å². The summed E-state index contributed by atoms with van der Waals surface area (Å²) in [5.41, 5.74) is 3.61. The summed E-state index contributed by atoms with van der Waals surface area (Å²) in [6.07, 6.45) is 1.36. The zero-order valence-corrected chi connectivity index (χ0v) is 14.2. The third-order valence-electron chi connectivity index (χ3n) is 2.76. The molecule has 0 saturated heterocycles. The fraction of sp³-hybridized carbons (Fsp3) is 0.250. The molecule has 0 spiro atoms. The smallest absolute Gasteiger partial charge is 0.278 e. The average molecular weight is 346 g/mol. The first-order valence-electron chi connectivity index (χ1n) is 7.29. The van der Waals surface area contributed by atoms with Gasteiger partial charge in [-0.25, -0.2) is 10.4 Å². The van der Waals surface area contributed by atoms with Crippen molar-refractivity contribution in [2.24, 2.45) is 5.10 Å². The Kier molecular flexibility index (Phi) is 6.56. The molecule has 0 radical (unpaired) electrons. The van der Waals surface area contributed by atoms with E-state index in [1.807, 2.05) is 13.8 Å². The molecule has 1 aromatic heterocycles. The Morgan fingerprint density at radius 3 is 2.96 bits per heavy atom. The van der Waals surface area contributed by atoms with Gasteiger partial charge in [0, 0.05) is 17.3 Å². The van der Waals surface area contributed by atoms with Crippen LogP contribution in [0.1, 0.15) is 18.2 Å². The lowest BCUT2D eigenvalue weighted by Crippen LogP contribution is -2.25. The highest BCUT2D eigenvalue weighted by atomic mass is 32.2. The summed E-state index contributed by atoms with van der Waals surface area (Å²) < 4.78 is 5.36. The summed E-state index contributed by atoms with van der Waals surface area (Å²) in [6, 6.07) is 8.34. The van der Waals surface area contributed by atoms with Crippen LogP contribution in [0.5, 0.6) is 11.6 Å². The van der Waals surface area contributed by atoms with Gasteiger partial charge in [0.15, 0.2) is 11.8 Å². The third kappa shape index (κ3) is 5.54. The molecule has 0 bridgehead atoms. The Hall–Kier alpha value is -2.61. The van der Waals surface area contributed by atoms with Gasteiger partial charge in [-0.05, 0) is 24.8 Å². The number of benzene rings is 1. The normalized spacial score (nSPS) is 10.8. The SMILES string of the molecule is CCSc1nc(C)cc(OCC(=O)N/N=C\c2ccccc2O)n1. The minimum absolute atomic E-state index is 0.0872. The number of aromatic hydroxyl groups is 1. The van der Waals surface area contributed by atoms with Gasteiger partial charge >= 0.3 is 0 Å².